The van der Waals surface area contributed by atoms with Gasteiger partial charge in [-0.2, -0.15) is 0 Å². The Labute approximate surface area is 105 Å². The molecule has 0 aliphatic carbocycles. The quantitative estimate of drug-likeness (QED) is 0.557. The standard InChI is InChI=1S/C16H20O/c1-5-6-7-8-15-11-13(2)9-10-16(15)14(3)12-17-4/h9-12H,5-6H2,1-4H3/b14-12-. The highest BCUT2D eigenvalue weighted by molar-refractivity contribution is 5.69. The van der Waals surface area contributed by atoms with E-state index < -0.39 is 0 Å². The predicted molar refractivity (Wildman–Crippen MR) is 73.6 cm³/mol. The molecular weight excluding hydrogens is 208 g/mol. The molecule has 0 heterocycles. The number of unbranched alkanes of at least 4 members (excludes halogenated alkanes) is 1. The second kappa shape index (κ2) is 6.81. The average molecular weight is 228 g/mol. The van der Waals surface area contributed by atoms with Crippen molar-refractivity contribution < 1.29 is 4.74 Å². The molecule has 1 nitrogen and oxygen atoms in total. The van der Waals surface area contributed by atoms with Crippen LogP contribution in [0, 0.1) is 18.8 Å². The minimum absolute atomic E-state index is 0.945. The lowest BCUT2D eigenvalue weighted by atomic mass is 9.99. The molecule has 1 rings (SSSR count). The first-order valence-electron chi connectivity index (χ1n) is 5.98. The maximum Gasteiger partial charge on any atom is 0.0860 e. The maximum absolute atomic E-state index is 5.06. The summed E-state index contributed by atoms with van der Waals surface area (Å²) in [5.74, 6) is 6.45. The van der Waals surface area contributed by atoms with Crippen LogP contribution in [0.5, 0.6) is 0 Å². The first kappa shape index (κ1) is 13.4. The molecule has 1 aromatic carbocycles. The highest BCUT2D eigenvalue weighted by Gasteiger charge is 2.02. The SMILES string of the molecule is CCCC#Cc1cc(C)ccc1/C(C)=C\OC. The van der Waals surface area contributed by atoms with Crippen LogP contribution in [0.15, 0.2) is 24.5 Å². The van der Waals surface area contributed by atoms with Gasteiger partial charge in [0.2, 0.25) is 0 Å². The molecule has 0 radical (unpaired) electrons. The molecule has 1 aromatic rings. The van der Waals surface area contributed by atoms with Crippen molar-refractivity contribution in [1.29, 1.82) is 0 Å². The summed E-state index contributed by atoms with van der Waals surface area (Å²) in [6.07, 6.45) is 3.80. The van der Waals surface area contributed by atoms with Gasteiger partial charge in [-0.25, -0.2) is 0 Å². The van der Waals surface area contributed by atoms with Gasteiger partial charge in [0.25, 0.3) is 0 Å². The number of methoxy groups -OCH3 is 1. The van der Waals surface area contributed by atoms with Crippen molar-refractivity contribution >= 4 is 5.57 Å². The lowest BCUT2D eigenvalue weighted by molar-refractivity contribution is 0.339. The smallest absolute Gasteiger partial charge is 0.0860 e. The third-order valence-corrected chi connectivity index (χ3v) is 2.49. The molecule has 0 saturated heterocycles. The van der Waals surface area contributed by atoms with Crippen LogP contribution in [0.2, 0.25) is 0 Å². The molecule has 0 N–H and O–H groups in total. The predicted octanol–water partition coefficient (Wildman–Crippen LogP) is 4.15. The lowest BCUT2D eigenvalue weighted by Gasteiger charge is -2.06. The van der Waals surface area contributed by atoms with Gasteiger partial charge < -0.3 is 4.74 Å². The number of allylic oxidation sites excluding steroid dienone is 1. The van der Waals surface area contributed by atoms with E-state index >= 15 is 0 Å². The second-order valence-corrected chi connectivity index (χ2v) is 4.14. The first-order chi connectivity index (χ1) is 8.19. The van der Waals surface area contributed by atoms with Crippen LogP contribution in [-0.2, 0) is 4.74 Å². The molecule has 0 amide bonds. The van der Waals surface area contributed by atoms with Crippen LogP contribution in [0.25, 0.3) is 5.57 Å². The summed E-state index contributed by atoms with van der Waals surface area (Å²) < 4.78 is 5.06. The second-order valence-electron chi connectivity index (χ2n) is 4.14. The first-order valence-corrected chi connectivity index (χ1v) is 5.98. The molecular formula is C16H20O. The van der Waals surface area contributed by atoms with E-state index in [1.165, 1.54) is 5.56 Å². The molecule has 90 valence electrons. The third kappa shape index (κ3) is 4.00. The zero-order valence-corrected chi connectivity index (χ0v) is 11.1. The van der Waals surface area contributed by atoms with Gasteiger partial charge in [0.1, 0.15) is 0 Å². The summed E-state index contributed by atoms with van der Waals surface area (Å²) in [5.41, 5.74) is 4.58. The molecule has 1 heteroatoms. The largest absolute Gasteiger partial charge is 0.504 e. The van der Waals surface area contributed by atoms with Crippen molar-refractivity contribution in [3.05, 3.63) is 41.2 Å². The average Bonchev–Trinajstić information content (AvgIpc) is 2.30. The molecule has 17 heavy (non-hydrogen) atoms. The van der Waals surface area contributed by atoms with Crippen molar-refractivity contribution in [3.8, 4) is 11.8 Å². The van der Waals surface area contributed by atoms with E-state index in [0.717, 1.165) is 29.5 Å². The monoisotopic (exact) mass is 228 g/mol. The van der Waals surface area contributed by atoms with Gasteiger partial charge in [-0.05, 0) is 43.0 Å². The van der Waals surface area contributed by atoms with E-state index in [4.69, 9.17) is 4.74 Å². The zero-order chi connectivity index (χ0) is 12.7. The van der Waals surface area contributed by atoms with Crippen molar-refractivity contribution in [2.75, 3.05) is 7.11 Å². The number of ether oxygens (including phenoxy) is 1. The number of hydrogen-bond donors (Lipinski definition) is 0. The Morgan fingerprint density at radius 1 is 1.41 bits per heavy atom. The summed E-state index contributed by atoms with van der Waals surface area (Å²) in [7, 11) is 1.67. The Bertz CT molecular complexity index is 458. The van der Waals surface area contributed by atoms with Crippen molar-refractivity contribution in [2.45, 2.75) is 33.6 Å². The third-order valence-electron chi connectivity index (χ3n) is 2.49. The Hall–Kier alpha value is -1.68. The Kier molecular flexibility index (Phi) is 5.36. The summed E-state index contributed by atoms with van der Waals surface area (Å²) in [4.78, 5) is 0. The molecule has 0 spiro atoms. The highest BCUT2D eigenvalue weighted by Crippen LogP contribution is 2.19. The maximum atomic E-state index is 5.06. The number of benzene rings is 1. The van der Waals surface area contributed by atoms with Crippen molar-refractivity contribution in [3.63, 3.8) is 0 Å². The number of hydrogen-bond acceptors (Lipinski definition) is 1. The summed E-state index contributed by atoms with van der Waals surface area (Å²) >= 11 is 0. The van der Waals surface area contributed by atoms with Crippen molar-refractivity contribution in [2.24, 2.45) is 0 Å². The van der Waals surface area contributed by atoms with Crippen LogP contribution < -0.4 is 0 Å². The van der Waals surface area contributed by atoms with Crippen molar-refractivity contribution in [1.82, 2.24) is 0 Å². The van der Waals surface area contributed by atoms with Crippen LogP contribution >= 0.6 is 0 Å². The Morgan fingerprint density at radius 3 is 2.82 bits per heavy atom. The lowest BCUT2D eigenvalue weighted by Crippen LogP contribution is -1.89. The molecule has 0 atom stereocenters. The van der Waals surface area contributed by atoms with Gasteiger partial charge in [-0.3, -0.25) is 0 Å². The van der Waals surface area contributed by atoms with Crippen LogP contribution in [0.4, 0.5) is 0 Å². The Balaban J connectivity index is 3.13. The minimum atomic E-state index is 0.945. The molecule has 0 unspecified atom stereocenters. The molecule has 0 aliphatic heterocycles. The van der Waals surface area contributed by atoms with E-state index in [2.05, 4.69) is 43.9 Å². The van der Waals surface area contributed by atoms with E-state index in [1.807, 2.05) is 6.92 Å². The summed E-state index contributed by atoms with van der Waals surface area (Å²) in [6, 6.07) is 6.34. The fraction of sp³-hybridized carbons (Fsp3) is 0.375. The molecule has 0 fully saturated rings. The normalized spacial score (nSPS) is 10.7. The number of aryl methyl sites for hydroxylation is 1. The molecule has 0 saturated carbocycles. The van der Waals surface area contributed by atoms with Gasteiger partial charge in [0.15, 0.2) is 0 Å². The molecule has 0 aliphatic rings. The van der Waals surface area contributed by atoms with E-state index in [0.29, 0.717) is 0 Å². The van der Waals surface area contributed by atoms with Crippen LogP contribution in [0.3, 0.4) is 0 Å². The minimum Gasteiger partial charge on any atom is -0.504 e. The zero-order valence-electron chi connectivity index (χ0n) is 11.1. The van der Waals surface area contributed by atoms with Crippen LogP contribution in [-0.4, -0.2) is 7.11 Å². The van der Waals surface area contributed by atoms with E-state index in [-0.39, 0.29) is 0 Å². The molecule has 0 bridgehead atoms. The number of rotatable bonds is 3. The van der Waals surface area contributed by atoms with Gasteiger partial charge in [0, 0.05) is 12.0 Å². The van der Waals surface area contributed by atoms with Gasteiger partial charge in [0.05, 0.1) is 13.4 Å². The Morgan fingerprint density at radius 2 is 2.18 bits per heavy atom. The van der Waals surface area contributed by atoms with Crippen LogP contribution in [0.1, 0.15) is 43.4 Å². The fourth-order valence-corrected chi connectivity index (χ4v) is 1.63. The van der Waals surface area contributed by atoms with Gasteiger partial charge in [-0.15, -0.1) is 0 Å². The highest BCUT2D eigenvalue weighted by atomic mass is 16.5. The van der Waals surface area contributed by atoms with Gasteiger partial charge >= 0.3 is 0 Å². The topological polar surface area (TPSA) is 9.23 Å². The summed E-state index contributed by atoms with van der Waals surface area (Å²) in [6.45, 7) is 6.27. The van der Waals surface area contributed by atoms with E-state index in [9.17, 15) is 0 Å². The summed E-state index contributed by atoms with van der Waals surface area (Å²) in [5, 5.41) is 0. The fourth-order valence-electron chi connectivity index (χ4n) is 1.63. The molecule has 0 aromatic heterocycles. The van der Waals surface area contributed by atoms with Gasteiger partial charge in [-0.1, -0.05) is 30.9 Å². The van der Waals surface area contributed by atoms with E-state index in [1.54, 1.807) is 13.4 Å².